The topological polar surface area (TPSA) is 67.4 Å². The summed E-state index contributed by atoms with van der Waals surface area (Å²) in [5.41, 5.74) is 5.34. The highest BCUT2D eigenvalue weighted by Gasteiger charge is 2.16. The van der Waals surface area contributed by atoms with Crippen molar-refractivity contribution in [3.63, 3.8) is 0 Å². The molecule has 5 nitrogen and oxygen atoms in total. The fourth-order valence-electron chi connectivity index (χ4n) is 1.83. The van der Waals surface area contributed by atoms with E-state index in [1.165, 1.54) is 19.1 Å². The highest BCUT2D eigenvalue weighted by molar-refractivity contribution is 6.35. The predicted molar refractivity (Wildman–Crippen MR) is 103 cm³/mol. The molecule has 2 aromatic carbocycles. The van der Waals surface area contributed by atoms with Crippen LogP contribution in [0.25, 0.3) is 6.08 Å². The first-order valence-electron chi connectivity index (χ1n) is 7.50. The molecule has 0 saturated carbocycles. The predicted octanol–water partition coefficient (Wildman–Crippen LogP) is 4.27. The van der Waals surface area contributed by atoms with Crippen LogP contribution in [0.4, 0.5) is 0 Å². The van der Waals surface area contributed by atoms with Crippen LogP contribution in [0.2, 0.25) is 15.1 Å². The van der Waals surface area contributed by atoms with E-state index in [2.05, 4.69) is 10.9 Å². The molecule has 0 bridgehead atoms. The minimum atomic E-state index is -0.880. The van der Waals surface area contributed by atoms with E-state index in [1.54, 1.807) is 42.5 Å². The van der Waals surface area contributed by atoms with Gasteiger partial charge < -0.3 is 4.74 Å². The average molecular weight is 414 g/mol. The molecule has 2 N–H and O–H groups in total. The van der Waals surface area contributed by atoms with Crippen LogP contribution in [0.1, 0.15) is 12.5 Å². The monoisotopic (exact) mass is 412 g/mol. The SMILES string of the molecule is CC(Oc1ccc(Cl)cc1Cl)C(=O)NNC(=O)/C=C/c1ccc(Cl)cc1. The molecule has 0 radical (unpaired) electrons. The number of ether oxygens (including phenoxy) is 1. The maximum atomic E-state index is 12.0. The Hall–Kier alpha value is -2.21. The van der Waals surface area contributed by atoms with Gasteiger partial charge in [0.2, 0.25) is 0 Å². The lowest BCUT2D eigenvalue weighted by Crippen LogP contribution is -2.46. The molecular formula is C18H15Cl3N2O3. The zero-order valence-electron chi connectivity index (χ0n) is 13.6. The van der Waals surface area contributed by atoms with Gasteiger partial charge in [-0.05, 0) is 48.9 Å². The summed E-state index contributed by atoms with van der Waals surface area (Å²) >= 11 is 17.6. The minimum absolute atomic E-state index is 0.284. The summed E-state index contributed by atoms with van der Waals surface area (Å²) in [5.74, 6) is -0.720. The molecule has 0 aromatic heterocycles. The molecule has 0 spiro atoms. The number of hydrogen-bond donors (Lipinski definition) is 2. The van der Waals surface area contributed by atoms with Crippen molar-refractivity contribution >= 4 is 52.7 Å². The largest absolute Gasteiger partial charge is 0.479 e. The van der Waals surface area contributed by atoms with E-state index < -0.39 is 17.9 Å². The third kappa shape index (κ3) is 6.26. The van der Waals surface area contributed by atoms with E-state index in [1.807, 2.05) is 0 Å². The summed E-state index contributed by atoms with van der Waals surface area (Å²) in [6, 6.07) is 11.6. The number of hydrogen-bond acceptors (Lipinski definition) is 3. The van der Waals surface area contributed by atoms with Crippen LogP contribution in [0, 0.1) is 0 Å². The molecule has 0 saturated heterocycles. The van der Waals surface area contributed by atoms with E-state index in [0.29, 0.717) is 15.8 Å². The van der Waals surface area contributed by atoms with Gasteiger partial charge in [0.05, 0.1) is 5.02 Å². The zero-order chi connectivity index (χ0) is 19.1. The number of benzene rings is 2. The van der Waals surface area contributed by atoms with Crippen molar-refractivity contribution in [3.8, 4) is 5.75 Å². The van der Waals surface area contributed by atoms with Crippen LogP contribution in [0.5, 0.6) is 5.75 Å². The van der Waals surface area contributed by atoms with Crippen LogP contribution < -0.4 is 15.6 Å². The molecule has 2 aromatic rings. The van der Waals surface area contributed by atoms with Gasteiger partial charge in [-0.25, -0.2) is 0 Å². The first-order chi connectivity index (χ1) is 12.3. The summed E-state index contributed by atoms with van der Waals surface area (Å²) in [4.78, 5) is 23.7. The standard InChI is InChI=1S/C18H15Cl3N2O3/c1-11(26-16-8-7-14(20)10-15(16)21)18(25)23-22-17(24)9-4-12-2-5-13(19)6-3-12/h2-11H,1H3,(H,22,24)(H,23,25)/b9-4+. The van der Waals surface area contributed by atoms with Gasteiger partial charge in [-0.3, -0.25) is 20.4 Å². The number of hydrazine groups is 1. The van der Waals surface area contributed by atoms with Crippen molar-refractivity contribution in [2.24, 2.45) is 0 Å². The van der Waals surface area contributed by atoms with Gasteiger partial charge in [-0.1, -0.05) is 46.9 Å². The van der Waals surface area contributed by atoms with Gasteiger partial charge in [-0.2, -0.15) is 0 Å². The number of carbonyl (C=O) groups excluding carboxylic acids is 2. The van der Waals surface area contributed by atoms with Crippen LogP contribution in [0.3, 0.4) is 0 Å². The Bertz CT molecular complexity index is 823. The molecule has 0 aliphatic heterocycles. The Balaban J connectivity index is 1.83. The van der Waals surface area contributed by atoms with Crippen molar-refractivity contribution in [2.45, 2.75) is 13.0 Å². The highest BCUT2D eigenvalue weighted by Crippen LogP contribution is 2.28. The van der Waals surface area contributed by atoms with Crippen LogP contribution in [0.15, 0.2) is 48.5 Å². The highest BCUT2D eigenvalue weighted by atomic mass is 35.5. The van der Waals surface area contributed by atoms with Gasteiger partial charge >= 0.3 is 0 Å². The summed E-state index contributed by atoms with van der Waals surface area (Å²) in [6.07, 6.45) is 1.99. The molecule has 0 heterocycles. The number of amides is 2. The summed E-state index contributed by atoms with van der Waals surface area (Å²) in [5, 5.41) is 1.35. The van der Waals surface area contributed by atoms with Crippen LogP contribution in [-0.2, 0) is 9.59 Å². The molecule has 1 atom stereocenters. The Morgan fingerprint density at radius 1 is 1.00 bits per heavy atom. The van der Waals surface area contributed by atoms with E-state index in [9.17, 15) is 9.59 Å². The second-order valence-electron chi connectivity index (χ2n) is 5.20. The van der Waals surface area contributed by atoms with E-state index >= 15 is 0 Å². The third-order valence-electron chi connectivity index (χ3n) is 3.17. The average Bonchev–Trinajstić information content (AvgIpc) is 2.61. The summed E-state index contributed by atoms with van der Waals surface area (Å²) in [7, 11) is 0. The van der Waals surface area contributed by atoms with Crippen molar-refractivity contribution < 1.29 is 14.3 Å². The lowest BCUT2D eigenvalue weighted by Gasteiger charge is -2.15. The first-order valence-corrected chi connectivity index (χ1v) is 8.64. The molecular weight excluding hydrogens is 399 g/mol. The molecule has 0 aliphatic carbocycles. The smallest absolute Gasteiger partial charge is 0.279 e. The summed E-state index contributed by atoms with van der Waals surface area (Å²) in [6.45, 7) is 1.52. The quantitative estimate of drug-likeness (QED) is 0.568. The molecule has 1 unspecified atom stereocenters. The number of rotatable bonds is 5. The zero-order valence-corrected chi connectivity index (χ0v) is 15.9. The minimum Gasteiger partial charge on any atom is -0.479 e. The van der Waals surface area contributed by atoms with Crippen molar-refractivity contribution in [1.82, 2.24) is 10.9 Å². The van der Waals surface area contributed by atoms with Crippen molar-refractivity contribution in [3.05, 3.63) is 69.2 Å². The summed E-state index contributed by atoms with van der Waals surface area (Å²) < 4.78 is 5.45. The first kappa shape index (κ1) is 20.1. The molecule has 2 rings (SSSR count). The second-order valence-corrected chi connectivity index (χ2v) is 6.48. The van der Waals surface area contributed by atoms with Crippen molar-refractivity contribution in [2.75, 3.05) is 0 Å². The Morgan fingerprint density at radius 3 is 2.31 bits per heavy atom. The molecule has 0 fully saturated rings. The fourth-order valence-corrected chi connectivity index (χ4v) is 2.41. The normalized spacial score (nSPS) is 11.8. The number of halogens is 3. The number of nitrogens with one attached hydrogen (secondary N) is 2. The second kappa shape index (κ2) is 9.48. The van der Waals surface area contributed by atoms with E-state index in [4.69, 9.17) is 39.5 Å². The Kier molecular flexibility index (Phi) is 7.33. The number of carbonyl (C=O) groups is 2. The molecule has 0 aliphatic rings. The molecule has 2 amide bonds. The maximum absolute atomic E-state index is 12.0. The molecule has 136 valence electrons. The van der Waals surface area contributed by atoms with E-state index in [-0.39, 0.29) is 5.02 Å². The lowest BCUT2D eigenvalue weighted by atomic mass is 10.2. The van der Waals surface area contributed by atoms with Crippen LogP contribution in [-0.4, -0.2) is 17.9 Å². The molecule has 8 heteroatoms. The van der Waals surface area contributed by atoms with Gasteiger partial charge in [-0.15, -0.1) is 0 Å². The maximum Gasteiger partial charge on any atom is 0.279 e. The Labute approximate surface area is 165 Å². The molecule has 26 heavy (non-hydrogen) atoms. The van der Waals surface area contributed by atoms with Gasteiger partial charge in [0.25, 0.3) is 11.8 Å². The fraction of sp³-hybridized carbons (Fsp3) is 0.111. The van der Waals surface area contributed by atoms with Crippen LogP contribution >= 0.6 is 34.8 Å². The van der Waals surface area contributed by atoms with Crippen molar-refractivity contribution in [1.29, 1.82) is 0 Å². The van der Waals surface area contributed by atoms with Gasteiger partial charge in [0.1, 0.15) is 5.75 Å². The van der Waals surface area contributed by atoms with Gasteiger partial charge in [0.15, 0.2) is 6.10 Å². The lowest BCUT2D eigenvalue weighted by molar-refractivity contribution is -0.131. The van der Waals surface area contributed by atoms with Gasteiger partial charge in [0, 0.05) is 16.1 Å². The Morgan fingerprint density at radius 2 is 1.65 bits per heavy atom. The van der Waals surface area contributed by atoms with E-state index in [0.717, 1.165) is 5.56 Å². The third-order valence-corrected chi connectivity index (χ3v) is 3.96.